The van der Waals surface area contributed by atoms with E-state index in [1.54, 1.807) is 14.2 Å². The molecule has 2 atom stereocenters. The van der Waals surface area contributed by atoms with Gasteiger partial charge in [-0.2, -0.15) is 11.8 Å². The van der Waals surface area contributed by atoms with E-state index < -0.39 is 0 Å². The molecule has 0 aromatic heterocycles. The van der Waals surface area contributed by atoms with Gasteiger partial charge in [-0.15, -0.1) is 0 Å². The first kappa shape index (κ1) is 14.5. The van der Waals surface area contributed by atoms with Crippen LogP contribution in [0.1, 0.15) is 37.4 Å². The lowest BCUT2D eigenvalue weighted by molar-refractivity contribution is 0.385. The first-order chi connectivity index (χ1) is 9.21. The lowest BCUT2D eigenvalue weighted by Gasteiger charge is -2.23. The number of rotatable bonds is 4. The summed E-state index contributed by atoms with van der Waals surface area (Å²) in [5.41, 5.74) is 2.56. The highest BCUT2D eigenvalue weighted by molar-refractivity contribution is 7.99. The standard InChI is InChI=1S/C15H23NO2S/c1-5-16-12-8-10(2)19-9-11-13(17-3)6-7-14(18-4)15(11)12/h6-7,10,12,16H,5,8-9H2,1-4H3. The average molecular weight is 281 g/mol. The smallest absolute Gasteiger partial charge is 0.124 e. The zero-order chi connectivity index (χ0) is 13.8. The highest BCUT2D eigenvalue weighted by Crippen LogP contribution is 2.43. The molecule has 1 aromatic rings. The molecule has 106 valence electrons. The maximum Gasteiger partial charge on any atom is 0.124 e. The third-order valence-electron chi connectivity index (χ3n) is 3.59. The van der Waals surface area contributed by atoms with Crippen molar-refractivity contribution in [1.82, 2.24) is 5.32 Å². The van der Waals surface area contributed by atoms with E-state index in [-0.39, 0.29) is 0 Å². The molecule has 0 aliphatic carbocycles. The lowest BCUT2D eigenvalue weighted by atomic mass is 9.95. The quantitative estimate of drug-likeness (QED) is 0.916. The van der Waals surface area contributed by atoms with E-state index in [2.05, 4.69) is 19.2 Å². The highest BCUT2D eigenvalue weighted by atomic mass is 32.2. The summed E-state index contributed by atoms with van der Waals surface area (Å²) < 4.78 is 11.1. The average Bonchev–Trinajstić information content (AvgIpc) is 2.58. The van der Waals surface area contributed by atoms with Crippen molar-refractivity contribution in [2.75, 3.05) is 20.8 Å². The molecule has 1 aromatic carbocycles. The van der Waals surface area contributed by atoms with Crippen LogP contribution in [-0.2, 0) is 5.75 Å². The van der Waals surface area contributed by atoms with Crippen LogP contribution < -0.4 is 14.8 Å². The Morgan fingerprint density at radius 1 is 1.26 bits per heavy atom. The van der Waals surface area contributed by atoms with Gasteiger partial charge in [-0.3, -0.25) is 0 Å². The molecule has 0 saturated heterocycles. The van der Waals surface area contributed by atoms with Gasteiger partial charge in [0.15, 0.2) is 0 Å². The van der Waals surface area contributed by atoms with Crippen LogP contribution in [0.5, 0.6) is 11.5 Å². The van der Waals surface area contributed by atoms with Crippen LogP contribution in [0.3, 0.4) is 0 Å². The molecule has 0 fully saturated rings. The number of thioether (sulfide) groups is 1. The van der Waals surface area contributed by atoms with Crippen molar-refractivity contribution in [3.63, 3.8) is 0 Å². The van der Waals surface area contributed by atoms with Crippen molar-refractivity contribution >= 4 is 11.8 Å². The maximum atomic E-state index is 5.57. The van der Waals surface area contributed by atoms with E-state index in [9.17, 15) is 0 Å². The van der Waals surface area contributed by atoms with Gasteiger partial charge in [0.25, 0.3) is 0 Å². The molecule has 0 saturated carbocycles. The van der Waals surface area contributed by atoms with Gasteiger partial charge in [-0.25, -0.2) is 0 Å². The van der Waals surface area contributed by atoms with Crippen LogP contribution in [0.25, 0.3) is 0 Å². The second-order valence-electron chi connectivity index (χ2n) is 4.83. The lowest BCUT2D eigenvalue weighted by Crippen LogP contribution is -2.24. The fourth-order valence-corrected chi connectivity index (χ4v) is 3.78. The van der Waals surface area contributed by atoms with E-state index in [1.165, 1.54) is 11.1 Å². The summed E-state index contributed by atoms with van der Waals surface area (Å²) in [5, 5.41) is 4.22. The van der Waals surface area contributed by atoms with Crippen molar-refractivity contribution in [1.29, 1.82) is 0 Å². The van der Waals surface area contributed by atoms with Crippen molar-refractivity contribution in [3.8, 4) is 11.5 Å². The van der Waals surface area contributed by atoms with Crippen molar-refractivity contribution in [3.05, 3.63) is 23.3 Å². The molecule has 1 N–H and O–H groups in total. The highest BCUT2D eigenvalue weighted by Gasteiger charge is 2.27. The number of benzene rings is 1. The predicted octanol–water partition coefficient (Wildman–Crippen LogP) is 3.38. The largest absolute Gasteiger partial charge is 0.496 e. The second-order valence-corrected chi connectivity index (χ2v) is 6.26. The molecule has 1 heterocycles. The van der Waals surface area contributed by atoms with Crippen LogP contribution in [0.4, 0.5) is 0 Å². The molecule has 2 rings (SSSR count). The topological polar surface area (TPSA) is 30.5 Å². The maximum absolute atomic E-state index is 5.57. The summed E-state index contributed by atoms with van der Waals surface area (Å²) >= 11 is 1.98. The summed E-state index contributed by atoms with van der Waals surface area (Å²) in [5.74, 6) is 2.93. The predicted molar refractivity (Wildman–Crippen MR) is 81.3 cm³/mol. The van der Waals surface area contributed by atoms with Crippen LogP contribution in [0.15, 0.2) is 12.1 Å². The first-order valence-electron chi connectivity index (χ1n) is 6.80. The van der Waals surface area contributed by atoms with Gasteiger partial charge >= 0.3 is 0 Å². The summed E-state index contributed by atoms with van der Waals surface area (Å²) in [6.45, 7) is 5.40. The fraction of sp³-hybridized carbons (Fsp3) is 0.600. The van der Waals surface area contributed by atoms with Gasteiger partial charge in [0.2, 0.25) is 0 Å². The second kappa shape index (κ2) is 6.53. The SMILES string of the molecule is CCNC1CC(C)SCc2c(OC)ccc(OC)c21. The Hall–Kier alpha value is -0.870. The van der Waals surface area contributed by atoms with Crippen molar-refractivity contribution in [2.24, 2.45) is 0 Å². The van der Waals surface area contributed by atoms with Crippen LogP contribution in [0.2, 0.25) is 0 Å². The van der Waals surface area contributed by atoms with E-state index >= 15 is 0 Å². The van der Waals surface area contributed by atoms with Crippen molar-refractivity contribution < 1.29 is 9.47 Å². The Morgan fingerprint density at radius 2 is 1.95 bits per heavy atom. The number of hydrogen-bond acceptors (Lipinski definition) is 4. The van der Waals surface area contributed by atoms with Gasteiger partial charge in [-0.05, 0) is 25.1 Å². The third-order valence-corrected chi connectivity index (χ3v) is 4.81. The summed E-state index contributed by atoms with van der Waals surface area (Å²) in [6.07, 6.45) is 1.12. The van der Waals surface area contributed by atoms with E-state index in [0.717, 1.165) is 30.2 Å². The Labute approximate surface area is 120 Å². The first-order valence-corrected chi connectivity index (χ1v) is 7.84. The minimum atomic E-state index is 0.343. The molecule has 0 radical (unpaired) electrons. The van der Waals surface area contributed by atoms with Crippen LogP contribution >= 0.6 is 11.8 Å². The molecule has 1 aliphatic heterocycles. The molecule has 2 unspecified atom stereocenters. The van der Waals surface area contributed by atoms with Crippen LogP contribution in [-0.4, -0.2) is 26.0 Å². The van der Waals surface area contributed by atoms with Crippen LogP contribution in [0, 0.1) is 0 Å². The number of hydrogen-bond donors (Lipinski definition) is 1. The fourth-order valence-electron chi connectivity index (χ4n) is 2.70. The van der Waals surface area contributed by atoms with E-state index in [0.29, 0.717) is 11.3 Å². The molecule has 3 nitrogen and oxygen atoms in total. The van der Waals surface area contributed by atoms with Gasteiger partial charge in [0.1, 0.15) is 11.5 Å². The molecule has 4 heteroatoms. The molecule has 1 aliphatic rings. The Balaban J connectivity index is 2.52. The summed E-state index contributed by atoms with van der Waals surface area (Å²) in [4.78, 5) is 0. The van der Waals surface area contributed by atoms with Gasteiger partial charge in [0.05, 0.1) is 14.2 Å². The number of fused-ring (bicyclic) bond motifs is 1. The van der Waals surface area contributed by atoms with Gasteiger partial charge < -0.3 is 14.8 Å². The molecule has 19 heavy (non-hydrogen) atoms. The number of methoxy groups -OCH3 is 2. The molecular formula is C15H23NO2S. The number of nitrogens with one attached hydrogen (secondary N) is 1. The van der Waals surface area contributed by atoms with E-state index in [4.69, 9.17) is 9.47 Å². The Morgan fingerprint density at radius 3 is 2.58 bits per heavy atom. The monoisotopic (exact) mass is 281 g/mol. The summed E-state index contributed by atoms with van der Waals surface area (Å²) in [7, 11) is 3.48. The number of ether oxygens (including phenoxy) is 2. The minimum absolute atomic E-state index is 0.343. The Bertz CT molecular complexity index is 436. The molecule has 0 amide bonds. The minimum Gasteiger partial charge on any atom is -0.496 e. The summed E-state index contributed by atoms with van der Waals surface area (Å²) in [6, 6.07) is 4.37. The Kier molecular flexibility index (Phi) is 4.99. The molecule has 0 bridgehead atoms. The zero-order valence-electron chi connectivity index (χ0n) is 12.2. The zero-order valence-corrected chi connectivity index (χ0v) is 13.0. The van der Waals surface area contributed by atoms with Gasteiger partial charge in [0, 0.05) is 28.2 Å². The van der Waals surface area contributed by atoms with E-state index in [1.807, 2.05) is 23.9 Å². The normalized spacial score (nSPS) is 22.5. The van der Waals surface area contributed by atoms with Gasteiger partial charge in [-0.1, -0.05) is 13.8 Å². The molecule has 0 spiro atoms. The van der Waals surface area contributed by atoms with Crippen molar-refractivity contribution in [2.45, 2.75) is 37.3 Å². The third kappa shape index (κ3) is 3.00. The molecular weight excluding hydrogens is 258 g/mol.